The van der Waals surface area contributed by atoms with Crippen LogP contribution in [0.2, 0.25) is 5.02 Å². The highest BCUT2D eigenvalue weighted by molar-refractivity contribution is 6.31. The van der Waals surface area contributed by atoms with Crippen molar-refractivity contribution in [1.82, 2.24) is 15.3 Å². The Labute approximate surface area is 173 Å². The number of nitrogens with zero attached hydrogens (tertiary/aromatic N) is 2. The third kappa shape index (κ3) is 4.36. The summed E-state index contributed by atoms with van der Waals surface area (Å²) in [6, 6.07) is 23.0. The number of nitrogens with one attached hydrogen (secondary N) is 2. The Morgan fingerprint density at radius 2 is 1.66 bits per heavy atom. The minimum atomic E-state index is -0.359. The van der Waals surface area contributed by atoms with Gasteiger partial charge in [-0.25, -0.2) is 9.97 Å². The molecule has 0 bridgehead atoms. The Morgan fingerprint density at radius 1 is 0.931 bits per heavy atom. The normalized spacial score (nSPS) is 10.7. The molecule has 0 atom stereocenters. The molecule has 4 rings (SSSR count). The second kappa shape index (κ2) is 8.29. The molecule has 1 heterocycles. The van der Waals surface area contributed by atoms with Gasteiger partial charge in [-0.1, -0.05) is 59.6 Å². The van der Waals surface area contributed by atoms with E-state index in [0.717, 1.165) is 16.6 Å². The van der Waals surface area contributed by atoms with Crippen molar-refractivity contribution in [2.45, 2.75) is 13.5 Å². The van der Waals surface area contributed by atoms with Crippen molar-refractivity contribution in [3.05, 3.63) is 94.8 Å². The Morgan fingerprint density at radius 3 is 2.45 bits per heavy atom. The van der Waals surface area contributed by atoms with Crippen molar-refractivity contribution in [3.8, 4) is 0 Å². The molecule has 1 aromatic heterocycles. The van der Waals surface area contributed by atoms with Crippen LogP contribution in [0.5, 0.6) is 0 Å². The van der Waals surface area contributed by atoms with Crippen LogP contribution < -0.4 is 10.6 Å². The van der Waals surface area contributed by atoms with Gasteiger partial charge in [0.2, 0.25) is 5.82 Å². The van der Waals surface area contributed by atoms with Gasteiger partial charge in [-0.05, 0) is 42.8 Å². The number of aromatic nitrogens is 2. The molecule has 144 valence electrons. The Balaban J connectivity index is 1.63. The van der Waals surface area contributed by atoms with Crippen LogP contribution >= 0.6 is 11.6 Å². The van der Waals surface area contributed by atoms with E-state index in [1.54, 1.807) is 6.07 Å². The van der Waals surface area contributed by atoms with Crippen molar-refractivity contribution < 1.29 is 4.79 Å². The van der Waals surface area contributed by atoms with Crippen molar-refractivity contribution in [2.24, 2.45) is 0 Å². The van der Waals surface area contributed by atoms with Crippen molar-refractivity contribution in [3.63, 3.8) is 0 Å². The first-order chi connectivity index (χ1) is 14.1. The quantitative estimate of drug-likeness (QED) is 0.477. The summed E-state index contributed by atoms with van der Waals surface area (Å²) in [5, 5.41) is 7.59. The SMILES string of the molecule is Cc1ccc(Nc2nc(C(=O)NCc3ccccc3Cl)nc3ccccc23)cc1. The molecule has 2 N–H and O–H groups in total. The number of hydrogen-bond donors (Lipinski definition) is 2. The van der Waals surface area contributed by atoms with Crippen LogP contribution in [-0.4, -0.2) is 15.9 Å². The van der Waals surface area contributed by atoms with Gasteiger partial charge >= 0.3 is 0 Å². The molecule has 6 heteroatoms. The average molecular weight is 403 g/mol. The predicted molar refractivity (Wildman–Crippen MR) is 117 cm³/mol. The van der Waals surface area contributed by atoms with Crippen LogP contribution in [0, 0.1) is 6.92 Å². The lowest BCUT2D eigenvalue weighted by molar-refractivity contribution is 0.0941. The highest BCUT2D eigenvalue weighted by Gasteiger charge is 2.14. The minimum absolute atomic E-state index is 0.102. The maximum atomic E-state index is 12.7. The number of benzene rings is 3. The van der Waals surface area contributed by atoms with Crippen LogP contribution in [0.1, 0.15) is 21.7 Å². The fourth-order valence-electron chi connectivity index (χ4n) is 2.94. The van der Waals surface area contributed by atoms with Gasteiger partial charge in [-0.2, -0.15) is 0 Å². The molecule has 0 aliphatic carbocycles. The predicted octanol–water partition coefficient (Wildman–Crippen LogP) is 5.27. The molecule has 0 aliphatic rings. The van der Waals surface area contributed by atoms with E-state index in [2.05, 4.69) is 20.6 Å². The van der Waals surface area contributed by atoms with E-state index in [1.165, 1.54) is 5.56 Å². The summed E-state index contributed by atoms with van der Waals surface area (Å²) in [6.45, 7) is 2.33. The van der Waals surface area contributed by atoms with E-state index in [-0.39, 0.29) is 11.7 Å². The fraction of sp³-hybridized carbons (Fsp3) is 0.0870. The van der Waals surface area contributed by atoms with Gasteiger partial charge in [0.05, 0.1) is 5.52 Å². The molecule has 5 nitrogen and oxygen atoms in total. The highest BCUT2D eigenvalue weighted by atomic mass is 35.5. The molecule has 1 amide bonds. The molecule has 4 aromatic rings. The van der Waals surface area contributed by atoms with Gasteiger partial charge in [0, 0.05) is 22.6 Å². The van der Waals surface area contributed by atoms with Crippen LogP contribution in [-0.2, 0) is 6.54 Å². The smallest absolute Gasteiger partial charge is 0.289 e. The zero-order valence-electron chi connectivity index (χ0n) is 15.8. The second-order valence-electron chi connectivity index (χ2n) is 6.68. The monoisotopic (exact) mass is 402 g/mol. The standard InChI is InChI=1S/C23H19ClN4O/c1-15-10-12-17(13-11-15)26-21-18-7-3-5-9-20(18)27-22(28-21)23(29)25-14-16-6-2-4-8-19(16)24/h2-13H,14H2,1H3,(H,25,29)(H,26,27,28). The number of rotatable bonds is 5. The van der Waals surface area contributed by atoms with E-state index in [4.69, 9.17) is 11.6 Å². The van der Waals surface area contributed by atoms with E-state index in [9.17, 15) is 4.79 Å². The number of aryl methyl sites for hydroxylation is 1. The molecule has 29 heavy (non-hydrogen) atoms. The minimum Gasteiger partial charge on any atom is -0.345 e. The third-order valence-corrected chi connectivity index (χ3v) is 4.89. The van der Waals surface area contributed by atoms with E-state index >= 15 is 0 Å². The van der Waals surface area contributed by atoms with Gasteiger partial charge < -0.3 is 10.6 Å². The number of para-hydroxylation sites is 1. The van der Waals surface area contributed by atoms with E-state index in [1.807, 2.05) is 73.7 Å². The maximum absolute atomic E-state index is 12.7. The fourth-order valence-corrected chi connectivity index (χ4v) is 3.15. The zero-order valence-corrected chi connectivity index (χ0v) is 16.6. The van der Waals surface area contributed by atoms with Crippen molar-refractivity contribution in [1.29, 1.82) is 0 Å². The first kappa shape index (κ1) is 18.9. The number of fused-ring (bicyclic) bond motifs is 1. The number of anilines is 2. The summed E-state index contributed by atoms with van der Waals surface area (Å²) >= 11 is 6.17. The first-order valence-corrected chi connectivity index (χ1v) is 9.60. The number of amides is 1. The summed E-state index contributed by atoms with van der Waals surface area (Å²) in [7, 11) is 0. The van der Waals surface area contributed by atoms with Crippen LogP contribution in [0.4, 0.5) is 11.5 Å². The largest absolute Gasteiger partial charge is 0.345 e. The summed E-state index contributed by atoms with van der Waals surface area (Å²) < 4.78 is 0. The number of carbonyl (C=O) groups is 1. The number of carbonyl (C=O) groups excluding carboxylic acids is 1. The highest BCUT2D eigenvalue weighted by Crippen LogP contribution is 2.24. The molecule has 0 radical (unpaired) electrons. The van der Waals surface area contributed by atoms with Crippen LogP contribution in [0.25, 0.3) is 10.9 Å². The van der Waals surface area contributed by atoms with Crippen molar-refractivity contribution >= 4 is 39.9 Å². The lowest BCUT2D eigenvalue weighted by atomic mass is 10.2. The molecular weight excluding hydrogens is 384 g/mol. The molecule has 0 aliphatic heterocycles. The summed E-state index contributed by atoms with van der Waals surface area (Å²) in [6.07, 6.45) is 0. The number of halogens is 1. The first-order valence-electron chi connectivity index (χ1n) is 9.22. The summed E-state index contributed by atoms with van der Waals surface area (Å²) in [5.74, 6) is 0.329. The third-order valence-electron chi connectivity index (χ3n) is 4.52. The molecule has 0 fully saturated rings. The molecule has 0 unspecified atom stereocenters. The Kier molecular flexibility index (Phi) is 5.40. The van der Waals surface area contributed by atoms with Gasteiger partial charge in [0.15, 0.2) is 0 Å². The summed E-state index contributed by atoms with van der Waals surface area (Å²) in [5.41, 5.74) is 3.59. The zero-order chi connectivity index (χ0) is 20.2. The molecular formula is C23H19ClN4O. The van der Waals surface area contributed by atoms with E-state index < -0.39 is 0 Å². The lowest BCUT2D eigenvalue weighted by Gasteiger charge is -2.11. The maximum Gasteiger partial charge on any atom is 0.289 e. The molecule has 0 saturated carbocycles. The number of hydrogen-bond acceptors (Lipinski definition) is 4. The second-order valence-corrected chi connectivity index (χ2v) is 7.09. The summed E-state index contributed by atoms with van der Waals surface area (Å²) in [4.78, 5) is 21.6. The van der Waals surface area contributed by atoms with Gasteiger partial charge in [0.1, 0.15) is 5.82 Å². The molecule has 0 spiro atoms. The Hall–Kier alpha value is -3.44. The van der Waals surface area contributed by atoms with Gasteiger partial charge in [-0.3, -0.25) is 4.79 Å². The molecule has 3 aromatic carbocycles. The van der Waals surface area contributed by atoms with Crippen LogP contribution in [0.15, 0.2) is 72.8 Å². The lowest BCUT2D eigenvalue weighted by Crippen LogP contribution is -2.25. The topological polar surface area (TPSA) is 66.9 Å². The van der Waals surface area contributed by atoms with Crippen molar-refractivity contribution in [2.75, 3.05) is 5.32 Å². The average Bonchev–Trinajstić information content (AvgIpc) is 2.74. The van der Waals surface area contributed by atoms with E-state index in [0.29, 0.717) is 22.9 Å². The van der Waals surface area contributed by atoms with Gasteiger partial charge in [0.25, 0.3) is 5.91 Å². The Bertz CT molecular complexity index is 1180. The van der Waals surface area contributed by atoms with Gasteiger partial charge in [-0.15, -0.1) is 0 Å². The molecule has 0 saturated heterocycles. The van der Waals surface area contributed by atoms with Crippen LogP contribution in [0.3, 0.4) is 0 Å².